The first-order chi connectivity index (χ1) is 36.1. The molecule has 6 heteroatoms. The van der Waals surface area contributed by atoms with E-state index in [9.17, 15) is 0 Å². The van der Waals surface area contributed by atoms with Gasteiger partial charge in [-0.15, -0.1) is 0 Å². The van der Waals surface area contributed by atoms with Crippen molar-refractivity contribution in [2.75, 3.05) is 0 Å². The van der Waals surface area contributed by atoms with Crippen LogP contribution in [-0.4, -0.2) is 29.2 Å². The van der Waals surface area contributed by atoms with Gasteiger partial charge in [0.25, 0.3) is 0 Å². The summed E-state index contributed by atoms with van der Waals surface area (Å²) >= 11 is 0. The quantitative estimate of drug-likeness (QED) is 0.142. The van der Waals surface area contributed by atoms with Crippen LogP contribution in [0.25, 0.3) is 11.3 Å². The van der Waals surface area contributed by atoms with Crippen LogP contribution < -0.4 is 0 Å². The first-order valence-electron chi connectivity index (χ1n) is 27.8. The molecule has 8 aromatic rings. The molecule has 0 aliphatic rings. The fourth-order valence-electron chi connectivity index (χ4n) is 3.91. The number of hydrogen-bond acceptors (Lipinski definition) is 4. The molecule has 0 atom stereocenters. The third-order valence-electron chi connectivity index (χ3n) is 6.11. The molecule has 0 aliphatic heterocycles. The fourth-order valence-corrected chi connectivity index (χ4v) is 3.91. The van der Waals surface area contributed by atoms with Crippen LogP contribution in [0.4, 0.5) is 0 Å². The highest BCUT2D eigenvalue weighted by Crippen LogP contribution is 2.04. The molecule has 0 amide bonds. The first kappa shape index (κ1) is 87.0. The van der Waals surface area contributed by atoms with Crippen LogP contribution in [0.3, 0.4) is 0 Å². The molecule has 416 valence electrons. The van der Waals surface area contributed by atoms with Gasteiger partial charge in [-0.2, -0.15) is 10.2 Å². The van der Waals surface area contributed by atoms with Gasteiger partial charge in [0.05, 0.1) is 12.4 Å². The van der Waals surface area contributed by atoms with Crippen molar-refractivity contribution in [1.29, 1.82) is 0 Å². The average molecular weight is 1020 g/mol. The second kappa shape index (κ2) is 83.1. The van der Waals surface area contributed by atoms with Crippen LogP contribution in [-0.2, 0) is 0 Å². The van der Waals surface area contributed by atoms with Crippen LogP contribution in [0.15, 0.2) is 183 Å². The standard InChI is InChI=1S/2C14H9N3.2C6H6.3C3H8.9C2H6.CH4.H2/c2*1-2-5-12(6-3-1)8-9-13-11-15-14-7-4-10-16-17(13)14;2*1-2-4-6-5-3-1;3*1-3-2;9*1-2;;/h2*1-7,10-11H;2*1-6H;3*3H2,1-2H3;9*1-2H3;1H4;1H/i;;;;;;;;;;;;;;;;;1+1. The number of hydrogen-bond donors (Lipinski definition) is 0. The Hall–Kier alpha value is -6.76. The fraction of sp³-hybridized carbons (Fsp3) is 0.412. The molecular weight excluding hydrogens is 901 g/mol. The molecule has 4 aromatic heterocycles. The predicted octanol–water partition coefficient (Wildman–Crippen LogP) is 22.0. The largest absolute Gasteiger partial charge is 0.234 e. The van der Waals surface area contributed by atoms with Crippen LogP contribution in [0, 0.1) is 23.7 Å². The molecule has 0 aliphatic carbocycles. The normalized spacial score (nSPS) is 7.30. The number of fused-ring (bicyclic) bond motifs is 2. The third-order valence-corrected chi connectivity index (χ3v) is 6.11. The Labute approximate surface area is 461 Å². The molecule has 0 spiro atoms. The van der Waals surface area contributed by atoms with Crippen molar-refractivity contribution in [3.8, 4) is 23.7 Å². The molecule has 4 heterocycles. The van der Waals surface area contributed by atoms with E-state index < -0.39 is 0 Å². The zero-order valence-corrected chi connectivity index (χ0v) is 51.1. The van der Waals surface area contributed by atoms with Gasteiger partial charge < -0.3 is 0 Å². The Morgan fingerprint density at radius 2 is 0.514 bits per heavy atom. The molecule has 0 fully saturated rings. The summed E-state index contributed by atoms with van der Waals surface area (Å²) < 4.78 is 3.46. The third kappa shape index (κ3) is 53.0. The van der Waals surface area contributed by atoms with Gasteiger partial charge in [0.2, 0.25) is 0 Å². The van der Waals surface area contributed by atoms with E-state index >= 15 is 0 Å². The average Bonchev–Trinajstić information content (AvgIpc) is 4.13. The summed E-state index contributed by atoms with van der Waals surface area (Å²) in [4.78, 5) is 8.46. The highest BCUT2D eigenvalue weighted by Gasteiger charge is 2.00. The Kier molecular flexibility index (Phi) is 97.7. The van der Waals surface area contributed by atoms with Gasteiger partial charge in [-0.1, -0.05) is 314 Å². The first-order valence-corrected chi connectivity index (χ1v) is 27.8. The molecule has 0 saturated carbocycles. The number of benzene rings is 4. The maximum atomic E-state index is 4.23. The van der Waals surface area contributed by atoms with E-state index in [0.29, 0.717) is 0 Å². The van der Waals surface area contributed by atoms with Crippen molar-refractivity contribution in [2.45, 2.75) is 193 Å². The van der Waals surface area contributed by atoms with Gasteiger partial charge >= 0.3 is 0 Å². The van der Waals surface area contributed by atoms with E-state index in [2.05, 4.69) is 85.4 Å². The van der Waals surface area contributed by atoms with Crippen molar-refractivity contribution in [2.24, 2.45) is 0 Å². The lowest BCUT2D eigenvalue weighted by atomic mass is 10.2. The van der Waals surface area contributed by atoms with Crippen molar-refractivity contribution >= 4 is 11.3 Å². The molecule has 0 bridgehead atoms. The molecule has 8 rings (SSSR count). The number of rotatable bonds is 0. The summed E-state index contributed by atoms with van der Waals surface area (Å²) in [5.74, 6) is 12.3. The number of nitrogens with zero attached hydrogens (tertiary/aromatic N) is 6. The molecule has 6 nitrogen and oxygen atoms in total. The van der Waals surface area contributed by atoms with E-state index in [-0.39, 0.29) is 8.85 Å². The minimum Gasteiger partial charge on any atom is -0.234 e. The lowest BCUT2D eigenvalue weighted by molar-refractivity contribution is 0.923. The van der Waals surface area contributed by atoms with E-state index in [1.807, 2.05) is 282 Å². The van der Waals surface area contributed by atoms with Gasteiger partial charge in [-0.05, 0) is 60.4 Å². The van der Waals surface area contributed by atoms with Gasteiger partial charge in [0, 0.05) is 24.9 Å². The van der Waals surface area contributed by atoms with Crippen LogP contribution in [0.1, 0.15) is 217 Å². The van der Waals surface area contributed by atoms with Gasteiger partial charge in [-0.3, -0.25) is 0 Å². The van der Waals surface area contributed by atoms with Crippen LogP contribution >= 0.6 is 0 Å². The summed E-state index contributed by atoms with van der Waals surface area (Å²) in [5, 5.41) is 8.41. The van der Waals surface area contributed by atoms with Crippen molar-refractivity contribution in [1.82, 2.24) is 29.2 Å². The van der Waals surface area contributed by atoms with E-state index in [4.69, 9.17) is 0 Å². The lowest BCUT2D eigenvalue weighted by Crippen LogP contribution is -1.92. The monoisotopic (exact) mass is 1020 g/mol. The summed E-state index contributed by atoms with van der Waals surface area (Å²) in [6, 6.07) is 51.2. The zero-order chi connectivity index (χ0) is 57.6. The van der Waals surface area contributed by atoms with Crippen molar-refractivity contribution < 1.29 is 1.43 Å². The maximum absolute atomic E-state index is 4.23. The topological polar surface area (TPSA) is 60.4 Å². The summed E-state index contributed by atoms with van der Waals surface area (Å²) in [6.07, 6.45) is 10.7. The second-order valence-corrected chi connectivity index (χ2v) is 11.5. The molecule has 0 saturated heterocycles. The number of aromatic nitrogens is 6. The second-order valence-electron chi connectivity index (χ2n) is 11.5. The van der Waals surface area contributed by atoms with Crippen LogP contribution in [0.5, 0.6) is 0 Å². The molecule has 0 unspecified atom stereocenters. The Balaban J connectivity index is -0.0000000842. The smallest absolute Gasteiger partial charge is 0.154 e. The summed E-state index contributed by atoms with van der Waals surface area (Å²) in [6.45, 7) is 48.8. The number of imidazole rings is 2. The molecule has 4 aromatic carbocycles. The summed E-state index contributed by atoms with van der Waals surface area (Å²) in [5.41, 5.74) is 5.18. The van der Waals surface area contributed by atoms with E-state index in [0.717, 1.165) is 33.8 Å². The zero-order valence-electron chi connectivity index (χ0n) is 51.1. The SMILES string of the molecule is C.C(#Cc1cnc2cccnn12)c1ccccc1.C(#Cc1cnc2cccnn12)c1ccccc1.CC.CC.CC.CC.CC.CC.CC.CC.CC.CCC.CCC.CCC.[2HH].c1ccccc1.c1ccccc1. The minimum atomic E-state index is 0. The summed E-state index contributed by atoms with van der Waals surface area (Å²) in [7, 11) is 0. The Morgan fingerprint density at radius 1 is 0.311 bits per heavy atom. The van der Waals surface area contributed by atoms with Gasteiger partial charge in [0.1, 0.15) is 11.4 Å². The highest BCUT2D eigenvalue weighted by atomic mass is 15.3. The van der Waals surface area contributed by atoms with Gasteiger partial charge in [-0.25, -0.2) is 19.0 Å². The van der Waals surface area contributed by atoms with E-state index in [1.165, 1.54) is 19.3 Å². The maximum Gasteiger partial charge on any atom is 0.154 e. The van der Waals surface area contributed by atoms with Gasteiger partial charge in [0.15, 0.2) is 11.3 Å². The highest BCUT2D eigenvalue weighted by molar-refractivity contribution is 5.47. The molecular formula is C68H114N6. The van der Waals surface area contributed by atoms with Crippen molar-refractivity contribution in [3.63, 3.8) is 0 Å². The van der Waals surface area contributed by atoms with Crippen LogP contribution in [0.2, 0.25) is 0 Å². The Bertz CT molecular complexity index is 2000. The predicted molar refractivity (Wildman–Crippen MR) is 343 cm³/mol. The molecule has 0 N–H and O–H groups in total. The molecule has 0 radical (unpaired) electrons. The van der Waals surface area contributed by atoms with Crippen molar-refractivity contribution in [3.05, 3.63) is 205 Å². The lowest BCUT2D eigenvalue weighted by Gasteiger charge is -1.91. The molecule has 74 heavy (non-hydrogen) atoms. The van der Waals surface area contributed by atoms with E-state index in [1.54, 1.807) is 33.8 Å². The minimum absolute atomic E-state index is 0. The Morgan fingerprint density at radius 3 is 0.730 bits per heavy atom.